The molecule has 4 aromatic rings. The Morgan fingerprint density at radius 2 is 1.55 bits per heavy atom. The number of nitrogens with zero attached hydrogens (tertiary/aromatic N) is 1. The molecule has 0 spiro atoms. The Balaban J connectivity index is 2.28. The molecule has 0 radical (unpaired) electrons. The number of rotatable bonds is 2. The number of hydrogen-bond acceptors (Lipinski definition) is 0. The highest BCUT2D eigenvalue weighted by Gasteiger charge is 2.13. The molecule has 0 unspecified atom stereocenters. The molecule has 0 aliphatic rings. The van der Waals surface area contributed by atoms with E-state index in [-0.39, 0.29) is 0 Å². The zero-order valence-electron chi connectivity index (χ0n) is 13.5. The van der Waals surface area contributed by atoms with Crippen molar-refractivity contribution in [1.29, 1.82) is 0 Å². The van der Waals surface area contributed by atoms with Gasteiger partial charge in [0.25, 0.3) is 0 Å². The lowest BCUT2D eigenvalue weighted by molar-refractivity contribution is 1.01. The van der Waals surface area contributed by atoms with E-state index in [4.69, 9.17) is 0 Å². The highest BCUT2D eigenvalue weighted by atomic mass is 14.9. The molecule has 0 N–H and O–H groups in total. The number of benzene rings is 3. The van der Waals surface area contributed by atoms with Crippen LogP contribution in [0.4, 0.5) is 0 Å². The van der Waals surface area contributed by atoms with E-state index in [0.717, 1.165) is 12.8 Å². The van der Waals surface area contributed by atoms with Gasteiger partial charge in [-0.05, 0) is 46.9 Å². The Morgan fingerprint density at radius 3 is 2.27 bits per heavy atom. The van der Waals surface area contributed by atoms with Crippen LogP contribution in [-0.4, -0.2) is 4.57 Å². The zero-order valence-corrected chi connectivity index (χ0v) is 13.5. The fourth-order valence-corrected chi connectivity index (χ4v) is 3.69. The maximum Gasteiger partial charge on any atom is 0.0498 e. The van der Waals surface area contributed by atoms with Crippen molar-refractivity contribution < 1.29 is 0 Å². The molecule has 1 nitrogen and oxygen atoms in total. The Morgan fingerprint density at radius 1 is 0.773 bits per heavy atom. The lowest BCUT2D eigenvalue weighted by Crippen LogP contribution is -1.90. The van der Waals surface area contributed by atoms with Gasteiger partial charge in [0.2, 0.25) is 0 Å². The number of aryl methyl sites for hydroxylation is 3. The van der Waals surface area contributed by atoms with Crippen LogP contribution in [0.3, 0.4) is 0 Å². The van der Waals surface area contributed by atoms with E-state index in [0.29, 0.717) is 0 Å². The van der Waals surface area contributed by atoms with Crippen molar-refractivity contribution in [3.63, 3.8) is 0 Å². The second kappa shape index (κ2) is 4.88. The van der Waals surface area contributed by atoms with Gasteiger partial charge >= 0.3 is 0 Å². The van der Waals surface area contributed by atoms with Gasteiger partial charge in [0, 0.05) is 28.9 Å². The van der Waals surface area contributed by atoms with Crippen LogP contribution < -0.4 is 0 Å². The summed E-state index contributed by atoms with van der Waals surface area (Å²) in [5.74, 6) is 0. The molecule has 1 aromatic heterocycles. The number of hydrogen-bond donors (Lipinski definition) is 0. The van der Waals surface area contributed by atoms with E-state index >= 15 is 0 Å². The van der Waals surface area contributed by atoms with Crippen molar-refractivity contribution in [2.24, 2.45) is 7.05 Å². The first-order valence-corrected chi connectivity index (χ1v) is 8.16. The van der Waals surface area contributed by atoms with Gasteiger partial charge < -0.3 is 4.57 Å². The van der Waals surface area contributed by atoms with Crippen LogP contribution in [0.5, 0.6) is 0 Å². The summed E-state index contributed by atoms with van der Waals surface area (Å²) in [6, 6.07) is 18.1. The molecule has 0 fully saturated rings. The lowest BCUT2D eigenvalue weighted by Gasteiger charge is -2.07. The summed E-state index contributed by atoms with van der Waals surface area (Å²) < 4.78 is 2.36. The van der Waals surface area contributed by atoms with Crippen molar-refractivity contribution in [2.75, 3.05) is 0 Å². The molecular formula is C21H21N. The summed E-state index contributed by atoms with van der Waals surface area (Å²) in [7, 11) is 2.19. The summed E-state index contributed by atoms with van der Waals surface area (Å²) in [6.07, 6.45) is 2.15. The van der Waals surface area contributed by atoms with Crippen LogP contribution in [0.2, 0.25) is 0 Å². The molecule has 0 aliphatic heterocycles. The summed E-state index contributed by atoms with van der Waals surface area (Å²) in [6.45, 7) is 4.46. The first-order valence-electron chi connectivity index (χ1n) is 8.16. The largest absolute Gasteiger partial charge is 0.344 e. The third kappa shape index (κ3) is 1.72. The molecule has 1 heteroatoms. The van der Waals surface area contributed by atoms with Crippen molar-refractivity contribution in [3.05, 3.63) is 59.7 Å². The minimum atomic E-state index is 1.07. The van der Waals surface area contributed by atoms with Gasteiger partial charge in [0.15, 0.2) is 0 Å². The molecular weight excluding hydrogens is 266 g/mol. The van der Waals surface area contributed by atoms with Crippen molar-refractivity contribution in [3.8, 4) is 0 Å². The molecule has 3 aromatic carbocycles. The average molecular weight is 287 g/mol. The molecule has 22 heavy (non-hydrogen) atoms. The third-order valence-electron chi connectivity index (χ3n) is 4.95. The number of aromatic nitrogens is 1. The quantitative estimate of drug-likeness (QED) is 0.451. The van der Waals surface area contributed by atoms with Crippen molar-refractivity contribution in [2.45, 2.75) is 26.7 Å². The second-order valence-corrected chi connectivity index (χ2v) is 6.09. The molecule has 0 saturated heterocycles. The maximum absolute atomic E-state index is 2.38. The van der Waals surface area contributed by atoms with Crippen LogP contribution >= 0.6 is 0 Å². The SMILES string of the molecule is CCc1ccc2c3c4ccccc4c(CC)cc3n(C)c2c1. The predicted molar refractivity (Wildman–Crippen MR) is 96.7 cm³/mol. The predicted octanol–water partition coefficient (Wildman–Crippen LogP) is 5.61. The minimum Gasteiger partial charge on any atom is -0.344 e. The fourth-order valence-electron chi connectivity index (χ4n) is 3.69. The van der Waals surface area contributed by atoms with Gasteiger partial charge in [0.1, 0.15) is 0 Å². The van der Waals surface area contributed by atoms with E-state index in [1.165, 1.54) is 43.7 Å². The summed E-state index contributed by atoms with van der Waals surface area (Å²) >= 11 is 0. The summed E-state index contributed by atoms with van der Waals surface area (Å²) in [5, 5.41) is 5.54. The molecule has 0 bridgehead atoms. The van der Waals surface area contributed by atoms with Gasteiger partial charge in [-0.25, -0.2) is 0 Å². The Bertz CT molecular complexity index is 1000. The first kappa shape index (κ1) is 13.4. The monoisotopic (exact) mass is 287 g/mol. The third-order valence-corrected chi connectivity index (χ3v) is 4.95. The summed E-state index contributed by atoms with van der Waals surface area (Å²) in [5.41, 5.74) is 5.52. The standard InChI is InChI=1S/C21H21N/c1-4-14-10-11-18-19(12-14)22(3)20-13-15(5-2)16-8-6-7-9-17(16)21(18)20/h6-13H,4-5H2,1-3H3. The molecule has 0 aliphatic carbocycles. The van der Waals surface area contributed by atoms with Gasteiger partial charge in [-0.1, -0.05) is 50.2 Å². The Kier molecular flexibility index (Phi) is 2.97. The first-order chi connectivity index (χ1) is 10.7. The van der Waals surface area contributed by atoms with Gasteiger partial charge in [0.05, 0.1) is 0 Å². The smallest absolute Gasteiger partial charge is 0.0498 e. The second-order valence-electron chi connectivity index (χ2n) is 6.09. The normalized spacial score (nSPS) is 11.8. The molecule has 1 heterocycles. The van der Waals surface area contributed by atoms with Gasteiger partial charge in [-0.2, -0.15) is 0 Å². The molecule has 0 atom stereocenters. The van der Waals surface area contributed by atoms with E-state index in [1.54, 1.807) is 0 Å². The molecule has 0 saturated carbocycles. The maximum atomic E-state index is 2.38. The molecule has 110 valence electrons. The van der Waals surface area contributed by atoms with E-state index in [9.17, 15) is 0 Å². The number of fused-ring (bicyclic) bond motifs is 5. The van der Waals surface area contributed by atoms with Crippen LogP contribution in [0.1, 0.15) is 25.0 Å². The average Bonchev–Trinajstić information content (AvgIpc) is 2.86. The lowest BCUT2D eigenvalue weighted by atomic mass is 9.97. The molecule has 0 amide bonds. The van der Waals surface area contributed by atoms with Gasteiger partial charge in [-0.3, -0.25) is 0 Å². The van der Waals surface area contributed by atoms with Crippen LogP contribution in [0.25, 0.3) is 32.6 Å². The highest BCUT2D eigenvalue weighted by molar-refractivity contribution is 6.21. The minimum absolute atomic E-state index is 1.07. The van der Waals surface area contributed by atoms with E-state index in [2.05, 4.69) is 74.0 Å². The zero-order chi connectivity index (χ0) is 15.3. The highest BCUT2D eigenvalue weighted by Crippen LogP contribution is 2.36. The van der Waals surface area contributed by atoms with Crippen LogP contribution in [0, 0.1) is 0 Å². The van der Waals surface area contributed by atoms with Crippen LogP contribution in [-0.2, 0) is 19.9 Å². The van der Waals surface area contributed by atoms with Crippen molar-refractivity contribution in [1.82, 2.24) is 4.57 Å². The van der Waals surface area contributed by atoms with Crippen LogP contribution in [0.15, 0.2) is 48.5 Å². The Hall–Kier alpha value is -2.28. The Labute approximate surface area is 131 Å². The van der Waals surface area contributed by atoms with Crippen molar-refractivity contribution >= 4 is 32.6 Å². The topological polar surface area (TPSA) is 4.93 Å². The molecule has 4 rings (SSSR count). The van der Waals surface area contributed by atoms with Gasteiger partial charge in [-0.15, -0.1) is 0 Å². The fraction of sp³-hybridized carbons (Fsp3) is 0.238. The summed E-state index contributed by atoms with van der Waals surface area (Å²) in [4.78, 5) is 0. The van der Waals surface area contributed by atoms with E-state index in [1.807, 2.05) is 0 Å². The van der Waals surface area contributed by atoms with E-state index < -0.39 is 0 Å².